The molecule has 1 aliphatic rings. The smallest absolute Gasteiger partial charge is 0.381 e. The highest BCUT2D eigenvalue weighted by Crippen LogP contribution is 2.42. The molecule has 90 valence electrons. The van der Waals surface area contributed by atoms with E-state index in [9.17, 15) is 13.2 Å². The van der Waals surface area contributed by atoms with Gasteiger partial charge in [0, 0.05) is 18.9 Å². The lowest BCUT2D eigenvalue weighted by Crippen LogP contribution is -2.11. The van der Waals surface area contributed by atoms with Crippen LogP contribution in [0.25, 0.3) is 0 Å². The average molecular weight is 234 g/mol. The number of hydrogen-bond acceptors (Lipinski definition) is 3. The Morgan fingerprint density at radius 2 is 2.06 bits per heavy atom. The summed E-state index contributed by atoms with van der Waals surface area (Å²) in [5, 5.41) is 7.47. The molecule has 0 amide bonds. The molecule has 0 unspecified atom stereocenters. The number of nitrogens with two attached hydrogens (primary N) is 1. The topological polar surface area (TPSA) is 56.7 Å². The Labute approximate surface area is 90.6 Å². The number of alkyl halides is 3. The Kier molecular flexibility index (Phi) is 2.77. The van der Waals surface area contributed by atoms with Crippen LogP contribution in [0.5, 0.6) is 0 Å². The summed E-state index contributed by atoms with van der Waals surface area (Å²) in [4.78, 5) is 0. The van der Waals surface area contributed by atoms with E-state index in [0.29, 0.717) is 11.7 Å². The molecule has 2 rings (SSSR count). The molecule has 1 aromatic heterocycles. The van der Waals surface area contributed by atoms with Crippen molar-refractivity contribution >= 4 is 5.82 Å². The molecule has 0 spiro atoms. The molecule has 0 aliphatic heterocycles. The van der Waals surface area contributed by atoms with Crippen LogP contribution < -0.4 is 5.73 Å². The van der Waals surface area contributed by atoms with Gasteiger partial charge in [-0.2, -0.15) is 13.2 Å². The minimum Gasteiger partial charge on any atom is -0.381 e. The number of aromatic nitrogens is 3. The van der Waals surface area contributed by atoms with Gasteiger partial charge in [0.2, 0.25) is 0 Å². The number of nitrogens with zero attached hydrogens (tertiary/aromatic N) is 3. The standard InChI is InChI=1S/C9H13F3N4/c10-9(11,12)4-1-5-16-7(6-2-3-6)8(13)14-15-16/h6H,1-5,13H2. The van der Waals surface area contributed by atoms with Crippen LogP contribution in [0.15, 0.2) is 0 Å². The van der Waals surface area contributed by atoms with Gasteiger partial charge in [-0.15, -0.1) is 5.10 Å². The number of anilines is 1. The minimum atomic E-state index is -4.11. The SMILES string of the molecule is Nc1nnn(CCCC(F)(F)F)c1C1CC1. The van der Waals surface area contributed by atoms with Crippen molar-refractivity contribution in [2.75, 3.05) is 5.73 Å². The van der Waals surface area contributed by atoms with E-state index in [1.165, 1.54) is 4.68 Å². The molecule has 0 bridgehead atoms. The fraction of sp³-hybridized carbons (Fsp3) is 0.778. The Balaban J connectivity index is 1.94. The Bertz CT molecular complexity index is 367. The molecule has 1 aliphatic carbocycles. The number of hydrogen-bond donors (Lipinski definition) is 1. The van der Waals surface area contributed by atoms with Crippen molar-refractivity contribution in [3.63, 3.8) is 0 Å². The lowest BCUT2D eigenvalue weighted by atomic mass is 10.2. The summed E-state index contributed by atoms with van der Waals surface area (Å²) in [6.45, 7) is 0.232. The van der Waals surface area contributed by atoms with Crippen LogP contribution in [-0.4, -0.2) is 21.2 Å². The van der Waals surface area contributed by atoms with Gasteiger partial charge in [-0.05, 0) is 19.3 Å². The minimum absolute atomic E-state index is 0.0199. The first-order chi connectivity index (χ1) is 7.47. The summed E-state index contributed by atoms with van der Waals surface area (Å²) >= 11 is 0. The van der Waals surface area contributed by atoms with Gasteiger partial charge in [0.1, 0.15) is 0 Å². The van der Waals surface area contributed by atoms with Crippen LogP contribution in [0.3, 0.4) is 0 Å². The quantitative estimate of drug-likeness (QED) is 0.867. The number of nitrogen functional groups attached to an aromatic ring is 1. The molecule has 0 radical (unpaired) electrons. The second kappa shape index (κ2) is 3.95. The molecule has 1 aromatic rings. The summed E-state index contributed by atoms with van der Waals surface area (Å²) in [5.41, 5.74) is 6.43. The molecular weight excluding hydrogens is 221 g/mol. The molecule has 0 atom stereocenters. The van der Waals surface area contributed by atoms with Crippen LogP contribution in [-0.2, 0) is 6.54 Å². The van der Waals surface area contributed by atoms with E-state index in [-0.39, 0.29) is 13.0 Å². The zero-order valence-electron chi connectivity index (χ0n) is 8.67. The maximum Gasteiger partial charge on any atom is 0.389 e. The summed E-state index contributed by atoms with van der Waals surface area (Å²) in [5.74, 6) is 0.704. The predicted octanol–water partition coefficient (Wildman–Crippen LogP) is 2.08. The van der Waals surface area contributed by atoms with E-state index in [1.54, 1.807) is 0 Å². The number of rotatable bonds is 4. The third kappa shape index (κ3) is 2.65. The van der Waals surface area contributed by atoms with Crippen LogP contribution in [0.4, 0.5) is 19.0 Å². The summed E-state index contributed by atoms with van der Waals surface area (Å²) in [7, 11) is 0. The fourth-order valence-electron chi connectivity index (χ4n) is 1.70. The van der Waals surface area contributed by atoms with E-state index in [2.05, 4.69) is 10.3 Å². The van der Waals surface area contributed by atoms with Crippen molar-refractivity contribution in [3.8, 4) is 0 Å². The lowest BCUT2D eigenvalue weighted by Gasteiger charge is -2.07. The van der Waals surface area contributed by atoms with Gasteiger partial charge in [-0.1, -0.05) is 5.21 Å². The zero-order chi connectivity index (χ0) is 11.8. The molecule has 1 heterocycles. The Morgan fingerprint density at radius 3 is 2.62 bits per heavy atom. The first-order valence-corrected chi connectivity index (χ1v) is 5.23. The molecule has 2 N–H and O–H groups in total. The van der Waals surface area contributed by atoms with Crippen molar-refractivity contribution in [1.82, 2.24) is 15.0 Å². The van der Waals surface area contributed by atoms with Gasteiger partial charge in [-0.3, -0.25) is 0 Å². The molecule has 0 aromatic carbocycles. The number of aryl methyl sites for hydroxylation is 1. The lowest BCUT2D eigenvalue weighted by molar-refractivity contribution is -0.136. The largest absolute Gasteiger partial charge is 0.389 e. The molecule has 0 saturated heterocycles. The van der Waals surface area contributed by atoms with Crippen molar-refractivity contribution in [3.05, 3.63) is 5.69 Å². The first kappa shape index (κ1) is 11.2. The molecule has 1 saturated carbocycles. The van der Waals surface area contributed by atoms with Crippen molar-refractivity contribution in [2.24, 2.45) is 0 Å². The van der Waals surface area contributed by atoms with Crippen LogP contribution >= 0.6 is 0 Å². The Hall–Kier alpha value is -1.27. The molecular formula is C9H13F3N4. The highest BCUT2D eigenvalue weighted by Gasteiger charge is 2.31. The maximum absolute atomic E-state index is 12.0. The van der Waals surface area contributed by atoms with Crippen molar-refractivity contribution in [2.45, 2.75) is 44.3 Å². The van der Waals surface area contributed by atoms with E-state index in [1.807, 2.05) is 0 Å². The Morgan fingerprint density at radius 1 is 1.38 bits per heavy atom. The summed E-state index contributed by atoms with van der Waals surface area (Å²) < 4.78 is 37.4. The third-order valence-corrected chi connectivity index (χ3v) is 2.60. The van der Waals surface area contributed by atoms with Gasteiger partial charge in [0.25, 0.3) is 0 Å². The molecule has 1 fully saturated rings. The fourth-order valence-corrected chi connectivity index (χ4v) is 1.70. The predicted molar refractivity (Wildman–Crippen MR) is 51.7 cm³/mol. The van der Waals surface area contributed by atoms with Gasteiger partial charge >= 0.3 is 6.18 Å². The van der Waals surface area contributed by atoms with Crippen LogP contribution in [0, 0.1) is 0 Å². The van der Waals surface area contributed by atoms with E-state index < -0.39 is 12.6 Å². The van der Waals surface area contributed by atoms with E-state index in [0.717, 1.165) is 18.5 Å². The van der Waals surface area contributed by atoms with Crippen molar-refractivity contribution < 1.29 is 13.2 Å². The number of halogens is 3. The molecule has 7 heteroatoms. The maximum atomic E-state index is 12.0. The monoisotopic (exact) mass is 234 g/mol. The van der Waals surface area contributed by atoms with Gasteiger partial charge in [0.15, 0.2) is 5.82 Å². The highest BCUT2D eigenvalue weighted by molar-refractivity contribution is 5.38. The second-order valence-electron chi connectivity index (χ2n) is 4.08. The van der Waals surface area contributed by atoms with Gasteiger partial charge in [0.05, 0.1) is 5.69 Å². The van der Waals surface area contributed by atoms with Crippen molar-refractivity contribution in [1.29, 1.82) is 0 Å². The van der Waals surface area contributed by atoms with E-state index >= 15 is 0 Å². The average Bonchev–Trinajstić information content (AvgIpc) is 2.91. The van der Waals surface area contributed by atoms with Crippen LogP contribution in [0.2, 0.25) is 0 Å². The normalized spacial score (nSPS) is 16.7. The van der Waals surface area contributed by atoms with Gasteiger partial charge in [-0.25, -0.2) is 4.68 Å². The van der Waals surface area contributed by atoms with Crippen LogP contribution in [0.1, 0.15) is 37.3 Å². The summed E-state index contributed by atoms with van der Waals surface area (Å²) in [6.07, 6.45) is -2.83. The zero-order valence-corrected chi connectivity index (χ0v) is 8.67. The molecule has 4 nitrogen and oxygen atoms in total. The third-order valence-electron chi connectivity index (χ3n) is 2.60. The molecule has 16 heavy (non-hydrogen) atoms. The summed E-state index contributed by atoms with van der Waals surface area (Å²) in [6, 6.07) is 0. The van der Waals surface area contributed by atoms with E-state index in [4.69, 9.17) is 5.73 Å². The highest BCUT2D eigenvalue weighted by atomic mass is 19.4. The first-order valence-electron chi connectivity index (χ1n) is 5.23. The second-order valence-corrected chi connectivity index (χ2v) is 4.08. The van der Waals surface area contributed by atoms with Gasteiger partial charge < -0.3 is 5.73 Å².